The van der Waals surface area contributed by atoms with Crippen LogP contribution in [0.15, 0.2) is 18.2 Å². The molecule has 1 atom stereocenters. The first-order chi connectivity index (χ1) is 11.6. The van der Waals surface area contributed by atoms with Crippen molar-refractivity contribution in [2.45, 2.75) is 25.8 Å². The summed E-state index contributed by atoms with van der Waals surface area (Å²) in [6.07, 6.45) is 0.940. The Morgan fingerprint density at radius 2 is 2.08 bits per heavy atom. The number of carbonyl (C=O) groups excluding carboxylic acids is 2. The van der Waals surface area contributed by atoms with Crippen LogP contribution >= 0.6 is 11.6 Å². The molecule has 1 aromatic carbocycles. The number of halogens is 1. The van der Waals surface area contributed by atoms with Gasteiger partial charge in [-0.1, -0.05) is 24.6 Å². The van der Waals surface area contributed by atoms with Crippen LogP contribution in [0.5, 0.6) is 0 Å². The minimum Gasteiger partial charge on any atom is -0.366 e. The molecule has 2 N–H and O–H groups in total. The molecule has 2 fully saturated rings. The number of anilines is 2. The van der Waals surface area contributed by atoms with Crippen LogP contribution in [-0.2, 0) is 9.59 Å². The molecule has 0 aromatic heterocycles. The Hall–Kier alpha value is -1.79. The number of rotatable bonds is 4. The van der Waals surface area contributed by atoms with E-state index >= 15 is 0 Å². The van der Waals surface area contributed by atoms with Gasteiger partial charge in [0.15, 0.2) is 0 Å². The Labute approximate surface area is 147 Å². The van der Waals surface area contributed by atoms with Crippen LogP contribution in [0.2, 0.25) is 5.02 Å². The van der Waals surface area contributed by atoms with Crippen molar-refractivity contribution in [2.75, 3.05) is 42.9 Å². The topological polar surface area (TPSA) is 64.7 Å². The number of hydrogen-bond acceptors (Lipinski definition) is 4. The first-order valence-electron chi connectivity index (χ1n) is 8.44. The quantitative estimate of drug-likeness (QED) is 0.867. The summed E-state index contributed by atoms with van der Waals surface area (Å²) in [6.45, 7) is 6.91. The second-order valence-corrected chi connectivity index (χ2v) is 6.61. The number of piperazine rings is 1. The highest BCUT2D eigenvalue weighted by atomic mass is 35.5. The van der Waals surface area contributed by atoms with E-state index in [0.717, 1.165) is 38.4 Å². The van der Waals surface area contributed by atoms with Crippen LogP contribution in [0.4, 0.5) is 11.4 Å². The Balaban J connectivity index is 1.75. The molecule has 24 heavy (non-hydrogen) atoms. The van der Waals surface area contributed by atoms with E-state index in [2.05, 4.69) is 27.4 Å². The normalized spacial score (nSPS) is 21.7. The first kappa shape index (κ1) is 17.0. The molecule has 0 spiro atoms. The van der Waals surface area contributed by atoms with E-state index in [9.17, 15) is 9.59 Å². The fourth-order valence-electron chi connectivity index (χ4n) is 3.26. The zero-order valence-electron chi connectivity index (χ0n) is 13.8. The molecule has 0 bridgehead atoms. The fourth-order valence-corrected chi connectivity index (χ4v) is 3.55. The zero-order valence-corrected chi connectivity index (χ0v) is 14.6. The van der Waals surface area contributed by atoms with Gasteiger partial charge in [0.2, 0.25) is 11.8 Å². The molecule has 2 amide bonds. The molecule has 2 aliphatic rings. The molecule has 2 saturated heterocycles. The number of hydrogen-bond donors (Lipinski definition) is 2. The van der Waals surface area contributed by atoms with E-state index in [1.807, 2.05) is 18.2 Å². The molecule has 0 saturated carbocycles. The second kappa shape index (κ2) is 7.40. The first-order valence-corrected chi connectivity index (χ1v) is 8.82. The summed E-state index contributed by atoms with van der Waals surface area (Å²) in [7, 11) is 0. The summed E-state index contributed by atoms with van der Waals surface area (Å²) in [5.74, 6) is -0.256. The van der Waals surface area contributed by atoms with Crippen molar-refractivity contribution >= 4 is 34.8 Å². The van der Waals surface area contributed by atoms with E-state index < -0.39 is 6.04 Å². The van der Waals surface area contributed by atoms with Gasteiger partial charge in [-0.2, -0.15) is 0 Å². The SMILES string of the molecule is CCN1CCN(c2c(Cl)cccc2NC(=O)[C@H]2CCC(=O)N2)CC1. The van der Waals surface area contributed by atoms with Crippen molar-refractivity contribution in [3.8, 4) is 0 Å². The maximum atomic E-state index is 12.4. The van der Waals surface area contributed by atoms with Gasteiger partial charge < -0.3 is 20.4 Å². The third-order valence-corrected chi connectivity index (χ3v) is 5.00. The molecule has 0 aliphatic carbocycles. The molecule has 0 radical (unpaired) electrons. The lowest BCUT2D eigenvalue weighted by Crippen LogP contribution is -2.46. The minimum atomic E-state index is -0.457. The maximum Gasteiger partial charge on any atom is 0.247 e. The monoisotopic (exact) mass is 350 g/mol. The predicted molar refractivity (Wildman–Crippen MR) is 95.6 cm³/mol. The van der Waals surface area contributed by atoms with Crippen LogP contribution in [-0.4, -0.2) is 55.5 Å². The Kier molecular flexibility index (Phi) is 5.26. The summed E-state index contributed by atoms with van der Waals surface area (Å²) in [5, 5.41) is 6.27. The lowest BCUT2D eigenvalue weighted by atomic mass is 10.1. The van der Waals surface area contributed by atoms with Gasteiger partial charge in [0.25, 0.3) is 0 Å². The number of likely N-dealkylation sites (N-methyl/N-ethyl adjacent to an activating group) is 1. The average Bonchev–Trinajstić information content (AvgIpc) is 3.02. The van der Waals surface area contributed by atoms with Gasteiger partial charge in [0, 0.05) is 32.6 Å². The number of amides is 2. The largest absolute Gasteiger partial charge is 0.366 e. The molecule has 0 unspecified atom stereocenters. The van der Waals surface area contributed by atoms with Gasteiger partial charge in [-0.05, 0) is 25.1 Å². The highest BCUT2D eigenvalue weighted by molar-refractivity contribution is 6.34. The molecule has 1 aromatic rings. The third kappa shape index (κ3) is 3.65. The Morgan fingerprint density at radius 3 is 2.71 bits per heavy atom. The molecule has 2 heterocycles. The van der Waals surface area contributed by atoms with E-state index in [1.54, 1.807) is 0 Å². The van der Waals surface area contributed by atoms with Crippen molar-refractivity contribution in [2.24, 2.45) is 0 Å². The van der Waals surface area contributed by atoms with Crippen molar-refractivity contribution in [3.05, 3.63) is 23.2 Å². The molecule has 3 rings (SSSR count). The van der Waals surface area contributed by atoms with Gasteiger partial charge in [-0.15, -0.1) is 0 Å². The number of nitrogens with zero attached hydrogens (tertiary/aromatic N) is 2. The van der Waals surface area contributed by atoms with Crippen LogP contribution in [0.1, 0.15) is 19.8 Å². The summed E-state index contributed by atoms with van der Waals surface area (Å²) >= 11 is 6.42. The number of carbonyl (C=O) groups is 2. The highest BCUT2D eigenvalue weighted by Gasteiger charge is 2.28. The summed E-state index contributed by atoms with van der Waals surface area (Å²) < 4.78 is 0. The summed E-state index contributed by atoms with van der Waals surface area (Å²) in [6, 6.07) is 5.08. The van der Waals surface area contributed by atoms with Gasteiger partial charge in [-0.3, -0.25) is 9.59 Å². The van der Waals surface area contributed by atoms with Gasteiger partial charge >= 0.3 is 0 Å². The smallest absolute Gasteiger partial charge is 0.247 e. The van der Waals surface area contributed by atoms with Gasteiger partial charge in [-0.25, -0.2) is 0 Å². The summed E-state index contributed by atoms with van der Waals surface area (Å²) in [5.41, 5.74) is 1.58. The molecule has 6 nitrogen and oxygen atoms in total. The lowest BCUT2D eigenvalue weighted by Gasteiger charge is -2.36. The van der Waals surface area contributed by atoms with E-state index in [0.29, 0.717) is 23.6 Å². The molecule has 130 valence electrons. The minimum absolute atomic E-state index is 0.0721. The van der Waals surface area contributed by atoms with Crippen LogP contribution in [0, 0.1) is 0 Å². The van der Waals surface area contributed by atoms with E-state index in [4.69, 9.17) is 11.6 Å². The lowest BCUT2D eigenvalue weighted by molar-refractivity contribution is -0.122. The van der Waals surface area contributed by atoms with Crippen molar-refractivity contribution in [1.29, 1.82) is 0 Å². The van der Waals surface area contributed by atoms with Gasteiger partial charge in [0.1, 0.15) is 6.04 Å². The van der Waals surface area contributed by atoms with Gasteiger partial charge in [0.05, 0.1) is 16.4 Å². The molecule has 7 heteroatoms. The predicted octanol–water partition coefficient (Wildman–Crippen LogP) is 1.70. The number of para-hydroxylation sites is 1. The molecular weight excluding hydrogens is 328 g/mol. The highest BCUT2D eigenvalue weighted by Crippen LogP contribution is 2.34. The maximum absolute atomic E-state index is 12.4. The van der Waals surface area contributed by atoms with E-state index in [1.165, 1.54) is 0 Å². The second-order valence-electron chi connectivity index (χ2n) is 6.21. The fraction of sp³-hybridized carbons (Fsp3) is 0.529. The number of nitrogens with one attached hydrogen (secondary N) is 2. The van der Waals surface area contributed by atoms with Crippen LogP contribution in [0.3, 0.4) is 0 Å². The zero-order chi connectivity index (χ0) is 17.1. The Morgan fingerprint density at radius 1 is 1.33 bits per heavy atom. The summed E-state index contributed by atoms with van der Waals surface area (Å²) in [4.78, 5) is 28.3. The standard InChI is InChI=1S/C17H23ClN4O2/c1-2-21-8-10-22(11-9-21)16-12(18)4-3-5-13(16)20-17(24)14-6-7-15(23)19-14/h3-5,14H,2,6-11H2,1H3,(H,19,23)(H,20,24)/t14-/m1/s1. The molecular formula is C17H23ClN4O2. The van der Waals surface area contributed by atoms with Crippen LogP contribution in [0.25, 0.3) is 0 Å². The van der Waals surface area contributed by atoms with E-state index in [-0.39, 0.29) is 11.8 Å². The average molecular weight is 351 g/mol. The van der Waals surface area contributed by atoms with Crippen molar-refractivity contribution < 1.29 is 9.59 Å². The Bertz CT molecular complexity index is 629. The van der Waals surface area contributed by atoms with Crippen molar-refractivity contribution in [1.82, 2.24) is 10.2 Å². The van der Waals surface area contributed by atoms with Crippen molar-refractivity contribution in [3.63, 3.8) is 0 Å². The van der Waals surface area contributed by atoms with Crippen LogP contribution < -0.4 is 15.5 Å². The number of benzene rings is 1. The molecule has 2 aliphatic heterocycles. The third-order valence-electron chi connectivity index (χ3n) is 4.69.